The average molecular weight is 340 g/mol. The van der Waals surface area contributed by atoms with Crippen LogP contribution >= 0.6 is 0 Å². The van der Waals surface area contributed by atoms with Gasteiger partial charge in [0.2, 0.25) is 10.0 Å². The molecule has 3 heterocycles. The van der Waals surface area contributed by atoms with Gasteiger partial charge in [-0.05, 0) is 37.1 Å². The van der Waals surface area contributed by atoms with E-state index in [1.165, 1.54) is 0 Å². The van der Waals surface area contributed by atoms with Gasteiger partial charge in [0.15, 0.2) is 0 Å². The maximum absolute atomic E-state index is 12.8. The first-order valence-corrected chi connectivity index (χ1v) is 9.55. The predicted molar refractivity (Wildman–Crippen MR) is 88.3 cm³/mol. The molecular formula is C15H24N4O3S. The molecule has 2 aliphatic rings. The van der Waals surface area contributed by atoms with E-state index in [1.54, 1.807) is 10.5 Å². The van der Waals surface area contributed by atoms with Crippen LogP contribution in [0.1, 0.15) is 18.4 Å². The van der Waals surface area contributed by atoms with E-state index in [9.17, 15) is 8.42 Å². The summed E-state index contributed by atoms with van der Waals surface area (Å²) in [6.07, 6.45) is 3.32. The van der Waals surface area contributed by atoms with Crippen molar-refractivity contribution in [3.05, 3.63) is 23.9 Å². The van der Waals surface area contributed by atoms with Crippen molar-refractivity contribution in [1.29, 1.82) is 0 Å². The molecule has 0 bridgehead atoms. The van der Waals surface area contributed by atoms with Crippen LogP contribution in [-0.4, -0.2) is 67.2 Å². The summed E-state index contributed by atoms with van der Waals surface area (Å²) in [7, 11) is -3.24. The van der Waals surface area contributed by atoms with E-state index in [4.69, 9.17) is 10.5 Å². The van der Waals surface area contributed by atoms with Gasteiger partial charge in [-0.3, -0.25) is 4.90 Å². The molecule has 2 aliphatic heterocycles. The number of anilines is 1. The Morgan fingerprint density at radius 1 is 1.30 bits per heavy atom. The minimum atomic E-state index is -3.24. The lowest BCUT2D eigenvalue weighted by atomic mass is 10.1. The van der Waals surface area contributed by atoms with Crippen molar-refractivity contribution < 1.29 is 13.2 Å². The Bertz CT molecular complexity index is 631. The normalized spacial score (nSPS) is 24.6. The van der Waals surface area contributed by atoms with Crippen molar-refractivity contribution in [1.82, 2.24) is 14.2 Å². The molecule has 2 saturated heterocycles. The Kier molecular flexibility index (Phi) is 5.15. The number of piperidine rings is 1. The fourth-order valence-electron chi connectivity index (χ4n) is 3.26. The van der Waals surface area contributed by atoms with Gasteiger partial charge in [0.05, 0.1) is 18.5 Å². The molecule has 1 aromatic heterocycles. The quantitative estimate of drug-likeness (QED) is 0.847. The van der Waals surface area contributed by atoms with Crippen molar-refractivity contribution in [2.24, 2.45) is 0 Å². The van der Waals surface area contributed by atoms with Crippen molar-refractivity contribution in [3.63, 3.8) is 0 Å². The second-order valence-corrected chi connectivity index (χ2v) is 8.36. The molecule has 0 unspecified atom stereocenters. The van der Waals surface area contributed by atoms with Gasteiger partial charge in [0.25, 0.3) is 0 Å². The summed E-state index contributed by atoms with van der Waals surface area (Å²) in [4.78, 5) is 6.19. The Balaban J connectivity index is 1.65. The van der Waals surface area contributed by atoms with Gasteiger partial charge in [-0.1, -0.05) is 0 Å². The Morgan fingerprint density at radius 3 is 2.83 bits per heavy atom. The van der Waals surface area contributed by atoms with E-state index >= 15 is 0 Å². The van der Waals surface area contributed by atoms with Gasteiger partial charge in [0, 0.05) is 32.4 Å². The summed E-state index contributed by atoms with van der Waals surface area (Å²) < 4.78 is 32.5. The van der Waals surface area contributed by atoms with E-state index in [0.717, 1.165) is 24.9 Å². The molecule has 3 rings (SSSR count). The minimum absolute atomic E-state index is 0.325. The summed E-state index contributed by atoms with van der Waals surface area (Å²) in [6.45, 7) is 4.12. The maximum Gasteiger partial charge on any atom is 0.218 e. The first kappa shape index (κ1) is 16.6. The highest BCUT2D eigenvalue weighted by molar-refractivity contribution is 7.89. The Labute approximate surface area is 137 Å². The third kappa shape index (κ3) is 4.00. The van der Waals surface area contributed by atoms with Gasteiger partial charge in [-0.15, -0.1) is 0 Å². The van der Waals surface area contributed by atoms with Crippen LogP contribution in [0.2, 0.25) is 0 Å². The minimum Gasteiger partial charge on any atom is -0.384 e. The molecule has 7 nitrogen and oxygen atoms in total. The van der Waals surface area contributed by atoms with Crippen LogP contribution in [0.3, 0.4) is 0 Å². The number of sulfonamides is 1. The number of nitrogens with two attached hydrogens (primary N) is 1. The molecule has 0 saturated carbocycles. The van der Waals surface area contributed by atoms with Crippen LogP contribution in [0.15, 0.2) is 18.3 Å². The second kappa shape index (κ2) is 7.12. The first-order valence-electron chi connectivity index (χ1n) is 8.05. The van der Waals surface area contributed by atoms with E-state index in [1.807, 2.05) is 12.1 Å². The summed E-state index contributed by atoms with van der Waals surface area (Å²) in [5.74, 6) is 0.497. The van der Waals surface area contributed by atoms with Crippen LogP contribution in [0.25, 0.3) is 0 Å². The number of nitrogen functional groups attached to an aromatic ring is 1. The van der Waals surface area contributed by atoms with Crippen LogP contribution in [0.5, 0.6) is 0 Å². The van der Waals surface area contributed by atoms with Gasteiger partial charge in [-0.25, -0.2) is 13.4 Å². The number of hydrogen-bond donors (Lipinski definition) is 1. The number of morpholine rings is 1. The number of nitrogens with zero attached hydrogens (tertiary/aromatic N) is 3. The van der Waals surface area contributed by atoms with Gasteiger partial charge < -0.3 is 10.5 Å². The van der Waals surface area contributed by atoms with Gasteiger partial charge >= 0.3 is 0 Å². The third-order valence-corrected chi connectivity index (χ3v) is 6.78. The molecule has 2 N–H and O–H groups in total. The summed E-state index contributed by atoms with van der Waals surface area (Å²) in [5.41, 5.74) is 6.78. The number of aromatic nitrogens is 1. The first-order chi connectivity index (χ1) is 11.1. The molecule has 0 aliphatic carbocycles. The smallest absolute Gasteiger partial charge is 0.218 e. The summed E-state index contributed by atoms with van der Waals surface area (Å²) in [5, 5.41) is -0.325. The second-order valence-electron chi connectivity index (χ2n) is 6.14. The lowest BCUT2D eigenvalue weighted by Gasteiger charge is -2.36. The van der Waals surface area contributed by atoms with Crippen molar-refractivity contribution >= 4 is 15.8 Å². The molecule has 23 heavy (non-hydrogen) atoms. The number of pyridine rings is 1. The molecule has 128 valence electrons. The largest absolute Gasteiger partial charge is 0.384 e. The number of hydrogen-bond acceptors (Lipinski definition) is 6. The fraction of sp³-hybridized carbons (Fsp3) is 0.667. The molecule has 0 radical (unpaired) electrons. The zero-order valence-corrected chi connectivity index (χ0v) is 14.0. The Morgan fingerprint density at radius 2 is 2.09 bits per heavy atom. The summed E-state index contributed by atoms with van der Waals surface area (Å²) in [6, 6.07) is 3.77. The SMILES string of the molecule is Nc1cc(CN2CCC[C@H](S(=O)(=O)N3CCOCC3)C2)ccn1. The average Bonchev–Trinajstić information content (AvgIpc) is 2.56. The number of rotatable bonds is 4. The third-order valence-electron chi connectivity index (χ3n) is 4.47. The molecule has 1 aromatic rings. The molecule has 2 fully saturated rings. The van der Waals surface area contributed by atoms with Crippen molar-refractivity contribution in [2.75, 3.05) is 45.1 Å². The lowest BCUT2D eigenvalue weighted by Crippen LogP contribution is -2.50. The van der Waals surface area contributed by atoms with Gasteiger partial charge in [-0.2, -0.15) is 4.31 Å². The van der Waals surface area contributed by atoms with E-state index in [0.29, 0.717) is 45.2 Å². The fourth-order valence-corrected chi connectivity index (χ4v) is 5.21. The van der Waals surface area contributed by atoms with Crippen molar-refractivity contribution in [3.8, 4) is 0 Å². The maximum atomic E-state index is 12.8. The predicted octanol–water partition coefficient (Wildman–Crippen LogP) is 0.290. The van der Waals surface area contributed by atoms with Crippen LogP contribution < -0.4 is 5.73 Å². The molecule has 0 aromatic carbocycles. The molecule has 0 spiro atoms. The molecule has 1 atom stereocenters. The monoisotopic (exact) mass is 340 g/mol. The lowest BCUT2D eigenvalue weighted by molar-refractivity contribution is 0.0719. The van der Waals surface area contributed by atoms with E-state index in [-0.39, 0.29) is 5.25 Å². The van der Waals surface area contributed by atoms with Crippen molar-refractivity contribution in [2.45, 2.75) is 24.6 Å². The highest BCUT2D eigenvalue weighted by atomic mass is 32.2. The van der Waals surface area contributed by atoms with Gasteiger partial charge in [0.1, 0.15) is 5.82 Å². The topological polar surface area (TPSA) is 88.8 Å². The molecular weight excluding hydrogens is 316 g/mol. The molecule has 0 amide bonds. The molecule has 8 heteroatoms. The van der Waals surface area contributed by atoms with E-state index < -0.39 is 10.0 Å². The number of likely N-dealkylation sites (tertiary alicyclic amines) is 1. The van der Waals surface area contributed by atoms with Crippen LogP contribution in [0, 0.1) is 0 Å². The zero-order valence-electron chi connectivity index (χ0n) is 13.2. The van der Waals surface area contributed by atoms with Crippen LogP contribution in [0.4, 0.5) is 5.82 Å². The Hall–Kier alpha value is -1.22. The highest BCUT2D eigenvalue weighted by Crippen LogP contribution is 2.22. The standard InChI is InChI=1S/C15H24N4O3S/c16-15-10-13(3-4-17-15)11-18-5-1-2-14(12-18)23(20,21)19-6-8-22-9-7-19/h3-4,10,14H,1-2,5-9,11-12H2,(H2,16,17)/t14-/m0/s1. The summed E-state index contributed by atoms with van der Waals surface area (Å²) >= 11 is 0. The van der Waals surface area contributed by atoms with Crippen LogP contribution in [-0.2, 0) is 21.3 Å². The number of ether oxygens (including phenoxy) is 1. The zero-order chi connectivity index (χ0) is 16.3. The highest BCUT2D eigenvalue weighted by Gasteiger charge is 2.35. The van der Waals surface area contributed by atoms with E-state index in [2.05, 4.69) is 9.88 Å².